The maximum absolute atomic E-state index is 2.41. The normalized spacial score (nSPS) is 11.4. The molecule has 0 saturated heterocycles. The summed E-state index contributed by atoms with van der Waals surface area (Å²) in [6, 6.07) is 30.6. The molecule has 1 aromatic heterocycles. The third kappa shape index (κ3) is 2.40. The first-order chi connectivity index (χ1) is 13.7. The first-order valence-electron chi connectivity index (χ1n) is 9.81. The summed E-state index contributed by atoms with van der Waals surface area (Å²) in [7, 11) is 0. The second kappa shape index (κ2) is 6.38. The predicted molar refractivity (Wildman–Crippen MR) is 120 cm³/mol. The Bertz CT molecular complexity index is 1280. The number of aromatic nitrogens is 1. The molecule has 1 heteroatoms. The number of hydrogen-bond donors (Lipinski definition) is 0. The summed E-state index contributed by atoms with van der Waals surface area (Å²) in [5.41, 5.74) is 10.4. The summed E-state index contributed by atoms with van der Waals surface area (Å²) in [6.07, 6.45) is 0. The quantitative estimate of drug-likeness (QED) is 0.309. The maximum Gasteiger partial charge on any atom is 0.0541 e. The average Bonchev–Trinajstić information content (AvgIpc) is 3.05. The van der Waals surface area contributed by atoms with Crippen molar-refractivity contribution in [3.8, 4) is 16.8 Å². The zero-order valence-corrected chi connectivity index (χ0v) is 16.5. The van der Waals surface area contributed by atoms with Crippen LogP contribution in [0.15, 0.2) is 84.9 Å². The minimum atomic E-state index is 1.25. The fourth-order valence-electron chi connectivity index (χ4n) is 4.38. The molecule has 0 unspecified atom stereocenters. The lowest BCUT2D eigenvalue weighted by atomic mass is 9.93. The largest absolute Gasteiger partial charge is 0.309 e. The van der Waals surface area contributed by atoms with Crippen molar-refractivity contribution in [2.75, 3.05) is 0 Å². The molecule has 0 aliphatic rings. The maximum atomic E-state index is 2.41. The van der Waals surface area contributed by atoms with Gasteiger partial charge in [-0.05, 0) is 66.8 Å². The van der Waals surface area contributed by atoms with Crippen molar-refractivity contribution in [3.63, 3.8) is 0 Å². The van der Waals surface area contributed by atoms with E-state index in [0.29, 0.717) is 0 Å². The predicted octanol–water partition coefficient (Wildman–Crippen LogP) is 7.38. The Labute approximate surface area is 165 Å². The Morgan fingerprint density at radius 1 is 0.500 bits per heavy atom. The topological polar surface area (TPSA) is 4.93 Å². The van der Waals surface area contributed by atoms with Crippen molar-refractivity contribution in [1.29, 1.82) is 0 Å². The van der Waals surface area contributed by atoms with Gasteiger partial charge in [-0.1, -0.05) is 66.7 Å². The molecule has 5 aromatic rings. The van der Waals surface area contributed by atoms with E-state index in [1.165, 1.54) is 55.3 Å². The number of hydrogen-bond acceptors (Lipinski definition) is 0. The Kier molecular flexibility index (Phi) is 3.84. The van der Waals surface area contributed by atoms with Crippen molar-refractivity contribution in [2.24, 2.45) is 0 Å². The van der Waals surface area contributed by atoms with Gasteiger partial charge in [0.2, 0.25) is 0 Å². The van der Waals surface area contributed by atoms with Crippen LogP contribution in [0.3, 0.4) is 0 Å². The molecule has 0 amide bonds. The highest BCUT2D eigenvalue weighted by Gasteiger charge is 2.15. The van der Waals surface area contributed by atoms with E-state index in [1.54, 1.807) is 0 Å². The van der Waals surface area contributed by atoms with Crippen LogP contribution >= 0.6 is 0 Å². The minimum Gasteiger partial charge on any atom is -0.309 e. The molecule has 0 spiro atoms. The van der Waals surface area contributed by atoms with E-state index in [2.05, 4.69) is 110 Å². The molecular weight excluding hydrogens is 338 g/mol. The first kappa shape index (κ1) is 16.8. The average molecular weight is 361 g/mol. The summed E-state index contributed by atoms with van der Waals surface area (Å²) in [5, 5.41) is 2.60. The van der Waals surface area contributed by atoms with Crippen LogP contribution in [0.2, 0.25) is 0 Å². The smallest absolute Gasteiger partial charge is 0.0541 e. The number of nitrogens with zero attached hydrogens (tertiary/aromatic N) is 1. The highest BCUT2D eigenvalue weighted by molar-refractivity contribution is 6.09. The second-order valence-corrected chi connectivity index (χ2v) is 7.57. The van der Waals surface area contributed by atoms with Crippen LogP contribution < -0.4 is 0 Å². The molecule has 0 N–H and O–H groups in total. The number of para-hydroxylation sites is 2. The van der Waals surface area contributed by atoms with E-state index in [4.69, 9.17) is 0 Å². The molecule has 1 nitrogen and oxygen atoms in total. The summed E-state index contributed by atoms with van der Waals surface area (Å²) in [4.78, 5) is 0. The highest BCUT2D eigenvalue weighted by atomic mass is 15.0. The minimum absolute atomic E-state index is 1.25. The van der Waals surface area contributed by atoms with Crippen molar-refractivity contribution in [1.82, 2.24) is 4.57 Å². The van der Waals surface area contributed by atoms with Gasteiger partial charge in [0.1, 0.15) is 0 Å². The monoisotopic (exact) mass is 361 g/mol. The van der Waals surface area contributed by atoms with Gasteiger partial charge in [0.05, 0.1) is 11.0 Å². The lowest BCUT2D eigenvalue weighted by Gasteiger charge is -2.17. The Hall–Kier alpha value is -3.32. The van der Waals surface area contributed by atoms with E-state index in [1.807, 2.05) is 0 Å². The fourth-order valence-corrected chi connectivity index (χ4v) is 4.38. The SMILES string of the molecule is Cc1cccc(-c2cccc(-n3c4ccccc4c4ccccc43)c2C)c1C. The van der Waals surface area contributed by atoms with Crippen LogP contribution in [0, 0.1) is 20.8 Å². The van der Waals surface area contributed by atoms with E-state index in [9.17, 15) is 0 Å². The van der Waals surface area contributed by atoms with Gasteiger partial charge in [-0.15, -0.1) is 0 Å². The van der Waals surface area contributed by atoms with Gasteiger partial charge >= 0.3 is 0 Å². The number of rotatable bonds is 2. The van der Waals surface area contributed by atoms with Gasteiger partial charge in [0.25, 0.3) is 0 Å². The Morgan fingerprint density at radius 3 is 1.68 bits per heavy atom. The third-order valence-electron chi connectivity index (χ3n) is 6.02. The van der Waals surface area contributed by atoms with Crippen molar-refractivity contribution in [3.05, 3.63) is 102 Å². The van der Waals surface area contributed by atoms with Crippen molar-refractivity contribution < 1.29 is 0 Å². The summed E-state index contributed by atoms with van der Waals surface area (Å²) in [5.74, 6) is 0. The van der Waals surface area contributed by atoms with Crippen LogP contribution in [-0.4, -0.2) is 4.57 Å². The van der Waals surface area contributed by atoms with Gasteiger partial charge in [0.15, 0.2) is 0 Å². The van der Waals surface area contributed by atoms with Crippen LogP contribution in [-0.2, 0) is 0 Å². The third-order valence-corrected chi connectivity index (χ3v) is 6.02. The number of benzene rings is 4. The van der Waals surface area contributed by atoms with Crippen LogP contribution in [0.1, 0.15) is 16.7 Å². The molecule has 0 aliphatic carbocycles. The highest BCUT2D eigenvalue weighted by Crippen LogP contribution is 2.36. The van der Waals surface area contributed by atoms with Gasteiger partial charge in [-0.2, -0.15) is 0 Å². The van der Waals surface area contributed by atoms with Crippen molar-refractivity contribution in [2.45, 2.75) is 20.8 Å². The van der Waals surface area contributed by atoms with E-state index in [0.717, 1.165) is 0 Å². The standard InChI is InChI=1S/C27H23N/c1-18-10-8-13-21(19(18)2)22-14-9-17-25(20(22)3)28-26-15-6-4-11-23(26)24-12-5-7-16-27(24)28/h4-17H,1-3H3. The molecule has 1 heterocycles. The molecule has 0 aliphatic heterocycles. The van der Waals surface area contributed by atoms with Crippen molar-refractivity contribution >= 4 is 21.8 Å². The van der Waals surface area contributed by atoms with Gasteiger partial charge < -0.3 is 4.57 Å². The van der Waals surface area contributed by atoms with Gasteiger partial charge in [0, 0.05) is 16.5 Å². The molecule has 0 bridgehead atoms. The number of fused-ring (bicyclic) bond motifs is 3. The molecule has 136 valence electrons. The molecule has 0 radical (unpaired) electrons. The Morgan fingerprint density at radius 2 is 1.04 bits per heavy atom. The van der Waals surface area contributed by atoms with E-state index < -0.39 is 0 Å². The van der Waals surface area contributed by atoms with Gasteiger partial charge in [-0.3, -0.25) is 0 Å². The molecule has 0 fully saturated rings. The summed E-state index contributed by atoms with van der Waals surface area (Å²) >= 11 is 0. The van der Waals surface area contributed by atoms with Gasteiger partial charge in [-0.25, -0.2) is 0 Å². The van der Waals surface area contributed by atoms with Crippen LogP contribution in [0.25, 0.3) is 38.6 Å². The molecule has 0 saturated carbocycles. The first-order valence-corrected chi connectivity index (χ1v) is 9.81. The lowest BCUT2D eigenvalue weighted by Crippen LogP contribution is -1.99. The fraction of sp³-hybridized carbons (Fsp3) is 0.111. The summed E-state index contributed by atoms with van der Waals surface area (Å²) in [6.45, 7) is 6.65. The van der Waals surface area contributed by atoms with E-state index >= 15 is 0 Å². The van der Waals surface area contributed by atoms with Crippen LogP contribution in [0.5, 0.6) is 0 Å². The zero-order valence-electron chi connectivity index (χ0n) is 16.5. The molecule has 0 atom stereocenters. The second-order valence-electron chi connectivity index (χ2n) is 7.57. The molecular formula is C27H23N. The van der Waals surface area contributed by atoms with E-state index in [-0.39, 0.29) is 0 Å². The summed E-state index contributed by atoms with van der Waals surface area (Å²) < 4.78 is 2.41. The molecule has 4 aromatic carbocycles. The van der Waals surface area contributed by atoms with Crippen LogP contribution in [0.4, 0.5) is 0 Å². The number of aryl methyl sites for hydroxylation is 1. The Balaban J connectivity index is 1.86. The molecule has 5 rings (SSSR count). The zero-order chi connectivity index (χ0) is 19.3. The lowest BCUT2D eigenvalue weighted by molar-refractivity contribution is 1.15. The molecule has 28 heavy (non-hydrogen) atoms.